The van der Waals surface area contributed by atoms with Crippen LogP contribution in [0.5, 0.6) is 0 Å². The second kappa shape index (κ2) is 4.98. The number of aryl methyl sites for hydroxylation is 2. The van der Waals surface area contributed by atoms with Crippen LogP contribution in [0, 0.1) is 13.8 Å². The molecule has 0 bridgehead atoms. The highest BCUT2D eigenvalue weighted by Crippen LogP contribution is 2.16. The minimum Gasteiger partial charge on any atom is -0.296 e. The molecule has 0 aliphatic heterocycles. The van der Waals surface area contributed by atoms with E-state index in [9.17, 15) is 9.59 Å². The van der Waals surface area contributed by atoms with E-state index < -0.39 is 11.6 Å². The maximum atomic E-state index is 12.5. The zero-order valence-electron chi connectivity index (χ0n) is 11.8. The Kier molecular flexibility index (Phi) is 3.14. The number of hydrogen-bond acceptors (Lipinski definition) is 3. The van der Waals surface area contributed by atoms with Gasteiger partial charge in [0.1, 0.15) is 11.3 Å². The Balaban J connectivity index is 2.12. The molecular weight excluding hydrogens is 264 g/mol. The first kappa shape index (κ1) is 13.2. The highest BCUT2D eigenvalue weighted by atomic mass is 16.2. The monoisotopic (exact) mass is 278 g/mol. The molecule has 2 heterocycles. The van der Waals surface area contributed by atoms with Crippen LogP contribution in [0.3, 0.4) is 0 Å². The second-order valence-corrected chi connectivity index (χ2v) is 5.00. The maximum Gasteiger partial charge on any atom is 0.252 e. The van der Waals surface area contributed by atoms with Crippen LogP contribution in [0.15, 0.2) is 48.7 Å². The smallest absolute Gasteiger partial charge is 0.252 e. The van der Waals surface area contributed by atoms with Crippen LogP contribution in [-0.4, -0.2) is 21.0 Å². The molecule has 0 spiro atoms. The van der Waals surface area contributed by atoms with E-state index in [1.165, 1.54) is 0 Å². The average Bonchev–Trinajstić information content (AvgIpc) is 2.82. The van der Waals surface area contributed by atoms with Crippen LogP contribution >= 0.6 is 0 Å². The summed E-state index contributed by atoms with van der Waals surface area (Å²) in [4.78, 5) is 29.2. The minimum atomic E-state index is -0.531. The summed E-state index contributed by atoms with van der Waals surface area (Å²) in [5, 5.41) is 0. The summed E-state index contributed by atoms with van der Waals surface area (Å²) in [5.74, 6) is -1.04. The molecule has 104 valence electrons. The van der Waals surface area contributed by atoms with Gasteiger partial charge in [0.25, 0.3) is 5.78 Å². The van der Waals surface area contributed by atoms with Gasteiger partial charge in [-0.05, 0) is 25.5 Å². The molecule has 0 unspecified atom stereocenters. The lowest BCUT2D eigenvalue weighted by Gasteiger charge is -2.03. The van der Waals surface area contributed by atoms with Crippen molar-refractivity contribution >= 4 is 17.2 Å². The molecule has 0 N–H and O–H groups in total. The number of hydrogen-bond donors (Lipinski definition) is 0. The van der Waals surface area contributed by atoms with Gasteiger partial charge < -0.3 is 0 Å². The van der Waals surface area contributed by atoms with Crippen LogP contribution in [-0.2, 0) is 0 Å². The molecule has 0 radical (unpaired) electrons. The molecule has 21 heavy (non-hydrogen) atoms. The Morgan fingerprint density at radius 2 is 1.67 bits per heavy atom. The molecule has 0 fully saturated rings. The van der Waals surface area contributed by atoms with Crippen molar-refractivity contribution in [2.45, 2.75) is 13.8 Å². The number of rotatable bonds is 3. The van der Waals surface area contributed by atoms with Crippen molar-refractivity contribution in [3.05, 3.63) is 71.2 Å². The van der Waals surface area contributed by atoms with Crippen LogP contribution in [0.2, 0.25) is 0 Å². The summed E-state index contributed by atoms with van der Waals surface area (Å²) in [5.41, 5.74) is 2.96. The largest absolute Gasteiger partial charge is 0.296 e. The minimum absolute atomic E-state index is 0.336. The van der Waals surface area contributed by atoms with E-state index in [1.807, 2.05) is 31.3 Å². The molecular formula is C17H14N2O2. The molecule has 0 aliphatic rings. The number of Topliss-reactive ketones (excluding diaryl/α,β-unsaturated/α-hetero) is 2. The number of benzene rings is 1. The van der Waals surface area contributed by atoms with Gasteiger partial charge in [0, 0.05) is 11.8 Å². The Labute approximate surface area is 122 Å². The summed E-state index contributed by atoms with van der Waals surface area (Å²) in [6.07, 6.45) is 1.82. The standard InChI is InChI=1S/C17H14N2O2/c1-11-8-9-14-18-12(2)15(19(14)10-11)17(21)16(20)13-6-4-3-5-7-13/h3-10H,1-2H3. The second-order valence-electron chi connectivity index (χ2n) is 5.00. The van der Waals surface area contributed by atoms with Crippen molar-refractivity contribution in [3.8, 4) is 0 Å². The van der Waals surface area contributed by atoms with Crippen LogP contribution in [0.25, 0.3) is 5.65 Å². The first-order chi connectivity index (χ1) is 10.1. The zero-order chi connectivity index (χ0) is 15.0. The van der Waals surface area contributed by atoms with Gasteiger partial charge in [-0.2, -0.15) is 0 Å². The number of imidazole rings is 1. The number of pyridine rings is 1. The number of aromatic nitrogens is 2. The van der Waals surface area contributed by atoms with Crippen molar-refractivity contribution in [1.29, 1.82) is 0 Å². The molecule has 0 atom stereocenters. The summed E-state index contributed by atoms with van der Waals surface area (Å²) < 4.78 is 1.69. The summed E-state index contributed by atoms with van der Waals surface area (Å²) in [6.45, 7) is 3.68. The topological polar surface area (TPSA) is 51.4 Å². The highest BCUT2D eigenvalue weighted by molar-refractivity contribution is 6.49. The van der Waals surface area contributed by atoms with Gasteiger partial charge in [-0.15, -0.1) is 0 Å². The van der Waals surface area contributed by atoms with Gasteiger partial charge in [-0.1, -0.05) is 36.4 Å². The molecule has 3 rings (SSSR count). The third kappa shape index (κ3) is 2.25. The summed E-state index contributed by atoms with van der Waals surface area (Å²) >= 11 is 0. The zero-order valence-corrected chi connectivity index (χ0v) is 11.8. The normalized spacial score (nSPS) is 10.8. The number of ketones is 2. The summed E-state index contributed by atoms with van der Waals surface area (Å²) in [7, 11) is 0. The van der Waals surface area contributed by atoms with E-state index in [0.29, 0.717) is 22.6 Å². The van der Waals surface area contributed by atoms with Gasteiger partial charge in [-0.3, -0.25) is 14.0 Å². The van der Waals surface area contributed by atoms with Crippen LogP contribution in [0.1, 0.15) is 32.1 Å². The quantitative estimate of drug-likeness (QED) is 0.546. The summed E-state index contributed by atoms with van der Waals surface area (Å²) in [6, 6.07) is 12.3. The molecule has 0 amide bonds. The lowest BCUT2D eigenvalue weighted by atomic mass is 10.0. The van der Waals surface area contributed by atoms with Crippen molar-refractivity contribution in [2.24, 2.45) is 0 Å². The van der Waals surface area contributed by atoms with E-state index in [1.54, 1.807) is 35.6 Å². The predicted molar refractivity (Wildman–Crippen MR) is 79.8 cm³/mol. The highest BCUT2D eigenvalue weighted by Gasteiger charge is 2.24. The third-order valence-corrected chi connectivity index (χ3v) is 3.40. The van der Waals surface area contributed by atoms with Gasteiger partial charge in [0.05, 0.1) is 5.69 Å². The number of nitrogens with zero attached hydrogens (tertiary/aromatic N) is 2. The van der Waals surface area contributed by atoms with E-state index in [2.05, 4.69) is 4.98 Å². The fourth-order valence-electron chi connectivity index (χ4n) is 2.37. The van der Waals surface area contributed by atoms with Crippen molar-refractivity contribution < 1.29 is 9.59 Å². The van der Waals surface area contributed by atoms with Crippen molar-refractivity contribution in [2.75, 3.05) is 0 Å². The van der Waals surface area contributed by atoms with Gasteiger partial charge >= 0.3 is 0 Å². The number of carbonyl (C=O) groups is 2. The molecule has 4 nitrogen and oxygen atoms in total. The Hall–Kier alpha value is -2.75. The van der Waals surface area contributed by atoms with E-state index in [4.69, 9.17) is 0 Å². The Bertz CT molecular complexity index is 848. The fourth-order valence-corrected chi connectivity index (χ4v) is 2.37. The van der Waals surface area contributed by atoms with Gasteiger partial charge in [0.15, 0.2) is 0 Å². The molecule has 0 aliphatic carbocycles. The maximum absolute atomic E-state index is 12.5. The SMILES string of the molecule is Cc1ccc2nc(C)c(C(=O)C(=O)c3ccccc3)n2c1. The van der Waals surface area contributed by atoms with Gasteiger partial charge in [-0.25, -0.2) is 4.98 Å². The van der Waals surface area contributed by atoms with Crippen molar-refractivity contribution in [1.82, 2.24) is 9.38 Å². The number of fused-ring (bicyclic) bond motifs is 1. The fraction of sp³-hybridized carbons (Fsp3) is 0.118. The first-order valence-corrected chi connectivity index (χ1v) is 6.67. The third-order valence-electron chi connectivity index (χ3n) is 3.40. The van der Waals surface area contributed by atoms with E-state index in [0.717, 1.165) is 5.56 Å². The van der Waals surface area contributed by atoms with Crippen molar-refractivity contribution in [3.63, 3.8) is 0 Å². The lowest BCUT2D eigenvalue weighted by molar-refractivity contribution is 0.0813. The van der Waals surface area contributed by atoms with E-state index >= 15 is 0 Å². The van der Waals surface area contributed by atoms with Crippen LogP contribution < -0.4 is 0 Å². The average molecular weight is 278 g/mol. The number of carbonyl (C=O) groups excluding carboxylic acids is 2. The van der Waals surface area contributed by atoms with Gasteiger partial charge in [0.2, 0.25) is 5.78 Å². The predicted octanol–water partition coefficient (Wildman–Crippen LogP) is 3.02. The lowest BCUT2D eigenvalue weighted by Crippen LogP contribution is -2.17. The van der Waals surface area contributed by atoms with E-state index in [-0.39, 0.29) is 0 Å². The molecule has 0 saturated heterocycles. The molecule has 2 aromatic heterocycles. The molecule has 1 aromatic carbocycles. The Morgan fingerprint density at radius 3 is 2.38 bits per heavy atom. The molecule has 0 saturated carbocycles. The first-order valence-electron chi connectivity index (χ1n) is 6.67. The van der Waals surface area contributed by atoms with Crippen LogP contribution in [0.4, 0.5) is 0 Å². The molecule has 3 aromatic rings. The molecule has 4 heteroatoms. The Morgan fingerprint density at radius 1 is 0.952 bits per heavy atom.